The summed E-state index contributed by atoms with van der Waals surface area (Å²) >= 11 is 1.26. The number of carbonyl (C=O) groups is 1. The van der Waals surface area contributed by atoms with E-state index in [1.807, 2.05) is 77.4 Å². The van der Waals surface area contributed by atoms with E-state index in [9.17, 15) is 4.79 Å². The van der Waals surface area contributed by atoms with Crippen molar-refractivity contribution in [3.05, 3.63) is 78.4 Å². The molecule has 0 fully saturated rings. The molecule has 0 spiro atoms. The van der Waals surface area contributed by atoms with Gasteiger partial charge < -0.3 is 14.2 Å². The van der Waals surface area contributed by atoms with Crippen LogP contribution in [0.25, 0.3) is 17.1 Å². The first kappa shape index (κ1) is 24.8. The number of hydrazone groups is 1. The second kappa shape index (κ2) is 11.9. The number of para-hydroxylation sites is 2. The summed E-state index contributed by atoms with van der Waals surface area (Å²) in [7, 11) is 4.76. The number of benzene rings is 3. The quantitative estimate of drug-likeness (QED) is 0.197. The van der Waals surface area contributed by atoms with Crippen LogP contribution in [0.15, 0.2) is 83.1 Å². The van der Waals surface area contributed by atoms with Gasteiger partial charge in [0.05, 0.1) is 33.3 Å². The van der Waals surface area contributed by atoms with E-state index in [2.05, 4.69) is 20.7 Å². The van der Waals surface area contributed by atoms with Crippen LogP contribution < -0.4 is 19.6 Å². The second-order valence-corrected chi connectivity index (χ2v) is 8.31. The summed E-state index contributed by atoms with van der Waals surface area (Å²) in [6.45, 7) is 0. The first-order valence-corrected chi connectivity index (χ1v) is 11.9. The number of hydrogen-bond donors (Lipinski definition) is 1. The van der Waals surface area contributed by atoms with Crippen LogP contribution in [0.2, 0.25) is 0 Å². The Morgan fingerprint density at radius 1 is 0.917 bits per heavy atom. The molecule has 4 aromatic rings. The van der Waals surface area contributed by atoms with Crippen LogP contribution in [0.5, 0.6) is 17.2 Å². The van der Waals surface area contributed by atoms with Gasteiger partial charge in [-0.05, 0) is 42.5 Å². The maximum absolute atomic E-state index is 12.5. The van der Waals surface area contributed by atoms with Gasteiger partial charge in [0.1, 0.15) is 5.75 Å². The molecule has 36 heavy (non-hydrogen) atoms. The number of nitrogens with one attached hydrogen (secondary N) is 1. The number of amides is 1. The molecule has 0 aliphatic rings. The van der Waals surface area contributed by atoms with E-state index in [1.165, 1.54) is 11.8 Å². The summed E-state index contributed by atoms with van der Waals surface area (Å²) in [5.74, 6) is 2.30. The average molecular weight is 504 g/mol. The predicted octanol–water partition coefficient (Wildman–Crippen LogP) is 4.20. The van der Waals surface area contributed by atoms with E-state index in [1.54, 1.807) is 27.5 Å². The molecule has 0 bridgehead atoms. The summed E-state index contributed by atoms with van der Waals surface area (Å²) in [4.78, 5) is 12.5. The molecule has 9 nitrogen and oxygen atoms in total. The normalized spacial score (nSPS) is 10.9. The molecule has 4 rings (SSSR count). The largest absolute Gasteiger partial charge is 0.496 e. The highest BCUT2D eigenvalue weighted by Gasteiger charge is 2.18. The van der Waals surface area contributed by atoms with Gasteiger partial charge in [-0.2, -0.15) is 5.10 Å². The van der Waals surface area contributed by atoms with E-state index in [0.717, 1.165) is 16.8 Å². The third-order valence-electron chi connectivity index (χ3n) is 5.15. The third kappa shape index (κ3) is 5.66. The maximum atomic E-state index is 12.5. The minimum Gasteiger partial charge on any atom is -0.496 e. The van der Waals surface area contributed by atoms with Crippen LogP contribution in [0.1, 0.15) is 5.56 Å². The van der Waals surface area contributed by atoms with Gasteiger partial charge >= 0.3 is 0 Å². The van der Waals surface area contributed by atoms with E-state index >= 15 is 0 Å². The highest BCUT2D eigenvalue weighted by molar-refractivity contribution is 7.99. The molecule has 3 aromatic carbocycles. The van der Waals surface area contributed by atoms with Crippen molar-refractivity contribution < 1.29 is 19.0 Å². The highest BCUT2D eigenvalue weighted by Crippen LogP contribution is 2.34. The summed E-state index contributed by atoms with van der Waals surface area (Å²) < 4.78 is 18.0. The number of methoxy groups -OCH3 is 3. The monoisotopic (exact) mass is 503 g/mol. The predicted molar refractivity (Wildman–Crippen MR) is 139 cm³/mol. The maximum Gasteiger partial charge on any atom is 0.250 e. The number of nitrogens with zero attached hydrogens (tertiary/aromatic N) is 4. The molecular weight excluding hydrogens is 478 g/mol. The lowest BCUT2D eigenvalue weighted by atomic mass is 10.2. The van der Waals surface area contributed by atoms with Crippen LogP contribution >= 0.6 is 11.8 Å². The van der Waals surface area contributed by atoms with Crippen LogP contribution in [-0.4, -0.2) is 54.0 Å². The minimum atomic E-state index is -0.276. The van der Waals surface area contributed by atoms with Crippen LogP contribution in [0.4, 0.5) is 0 Å². The van der Waals surface area contributed by atoms with Gasteiger partial charge in [0.2, 0.25) is 0 Å². The van der Waals surface area contributed by atoms with Crippen LogP contribution in [0, 0.1) is 0 Å². The molecule has 0 aliphatic carbocycles. The fourth-order valence-corrected chi connectivity index (χ4v) is 4.19. The lowest BCUT2D eigenvalue weighted by molar-refractivity contribution is -0.118. The third-order valence-corrected chi connectivity index (χ3v) is 6.08. The molecular formula is C26H25N5O4S. The number of aromatic nitrogens is 3. The Labute approximate surface area is 213 Å². The number of ether oxygens (including phenoxy) is 3. The van der Waals surface area contributed by atoms with Crippen molar-refractivity contribution >= 4 is 23.9 Å². The zero-order valence-corrected chi connectivity index (χ0v) is 20.9. The SMILES string of the molecule is COc1ccccc1C=NNC(=O)CSc1nnc(-c2ccc(OC)c(OC)c2)n1-c1ccccc1. The Balaban J connectivity index is 1.54. The van der Waals surface area contributed by atoms with Crippen molar-refractivity contribution in [2.75, 3.05) is 27.1 Å². The lowest BCUT2D eigenvalue weighted by Gasteiger charge is -2.12. The van der Waals surface area contributed by atoms with Gasteiger partial charge in [-0.15, -0.1) is 10.2 Å². The molecule has 1 heterocycles. The molecule has 0 radical (unpaired) electrons. The number of thioether (sulfide) groups is 1. The van der Waals surface area contributed by atoms with Crippen molar-refractivity contribution in [1.82, 2.24) is 20.2 Å². The summed E-state index contributed by atoms with van der Waals surface area (Å²) in [6, 6.07) is 22.7. The minimum absolute atomic E-state index is 0.0974. The molecule has 1 N–H and O–H groups in total. The van der Waals surface area contributed by atoms with Crippen molar-refractivity contribution in [2.24, 2.45) is 5.10 Å². The Kier molecular flexibility index (Phi) is 8.20. The van der Waals surface area contributed by atoms with Crippen molar-refractivity contribution in [3.63, 3.8) is 0 Å². The number of rotatable bonds is 10. The van der Waals surface area contributed by atoms with Gasteiger partial charge in [-0.3, -0.25) is 9.36 Å². The topological polar surface area (TPSA) is 99.9 Å². The van der Waals surface area contributed by atoms with Gasteiger partial charge in [-0.1, -0.05) is 42.1 Å². The van der Waals surface area contributed by atoms with E-state index < -0.39 is 0 Å². The Morgan fingerprint density at radius 2 is 1.64 bits per heavy atom. The number of carbonyl (C=O) groups excluding carboxylic acids is 1. The average Bonchev–Trinajstić information content (AvgIpc) is 3.36. The Hall–Kier alpha value is -4.31. The summed E-state index contributed by atoms with van der Waals surface area (Å²) in [5.41, 5.74) is 4.96. The first-order chi connectivity index (χ1) is 17.6. The number of hydrogen-bond acceptors (Lipinski definition) is 8. The molecule has 0 saturated heterocycles. The van der Waals surface area contributed by atoms with Crippen molar-refractivity contribution in [1.29, 1.82) is 0 Å². The van der Waals surface area contributed by atoms with E-state index in [-0.39, 0.29) is 11.7 Å². The molecule has 0 aliphatic heterocycles. The van der Waals surface area contributed by atoms with E-state index in [0.29, 0.717) is 28.2 Å². The fourth-order valence-electron chi connectivity index (χ4n) is 3.44. The second-order valence-electron chi connectivity index (χ2n) is 7.37. The lowest BCUT2D eigenvalue weighted by Crippen LogP contribution is -2.20. The molecule has 0 atom stereocenters. The van der Waals surface area contributed by atoms with Crippen molar-refractivity contribution in [2.45, 2.75) is 5.16 Å². The molecule has 1 amide bonds. The first-order valence-electron chi connectivity index (χ1n) is 11.0. The Morgan fingerprint density at radius 3 is 2.39 bits per heavy atom. The summed E-state index contributed by atoms with van der Waals surface area (Å²) in [6.07, 6.45) is 1.54. The Bertz CT molecular complexity index is 1360. The van der Waals surface area contributed by atoms with Gasteiger partial charge in [0.15, 0.2) is 22.5 Å². The zero-order chi connectivity index (χ0) is 25.3. The van der Waals surface area contributed by atoms with Gasteiger partial charge in [-0.25, -0.2) is 5.43 Å². The standard InChI is InChI=1S/C26H25N5O4S/c1-33-21-12-8-7-9-19(21)16-27-28-24(32)17-36-26-30-29-25(31(26)20-10-5-4-6-11-20)18-13-14-22(34-2)23(15-18)35-3/h4-16H,17H2,1-3H3,(H,28,32). The van der Waals surface area contributed by atoms with Gasteiger partial charge in [0.25, 0.3) is 5.91 Å². The van der Waals surface area contributed by atoms with Crippen LogP contribution in [-0.2, 0) is 4.79 Å². The van der Waals surface area contributed by atoms with Crippen molar-refractivity contribution in [3.8, 4) is 34.3 Å². The fraction of sp³-hybridized carbons (Fsp3) is 0.154. The molecule has 0 saturated carbocycles. The highest BCUT2D eigenvalue weighted by atomic mass is 32.2. The molecule has 1 aromatic heterocycles. The molecule has 0 unspecified atom stereocenters. The molecule has 184 valence electrons. The van der Waals surface area contributed by atoms with E-state index in [4.69, 9.17) is 14.2 Å². The van der Waals surface area contributed by atoms with Gasteiger partial charge in [0, 0.05) is 16.8 Å². The zero-order valence-electron chi connectivity index (χ0n) is 20.0. The summed E-state index contributed by atoms with van der Waals surface area (Å²) in [5, 5.41) is 13.4. The van der Waals surface area contributed by atoms with Crippen LogP contribution in [0.3, 0.4) is 0 Å². The molecule has 10 heteroatoms. The smallest absolute Gasteiger partial charge is 0.250 e.